The Balaban J connectivity index is 2.06. The second kappa shape index (κ2) is 3.87. The van der Waals surface area contributed by atoms with E-state index in [4.69, 9.17) is 5.73 Å². The Morgan fingerprint density at radius 1 is 1.50 bits per heavy atom. The Morgan fingerprint density at radius 3 is 3.00 bits per heavy atom. The van der Waals surface area contributed by atoms with E-state index in [1.54, 1.807) is 0 Å². The second-order valence-corrected chi connectivity index (χ2v) is 4.45. The maximum absolute atomic E-state index is 11.5. The first-order chi connectivity index (χ1) is 6.72. The largest absolute Gasteiger partial charge is 0.393 e. The van der Waals surface area contributed by atoms with Gasteiger partial charge in [0, 0.05) is 18.5 Å². The quantitative estimate of drug-likeness (QED) is 0.537. The minimum atomic E-state index is -0.247. The molecule has 1 heterocycles. The molecule has 0 radical (unpaired) electrons. The van der Waals surface area contributed by atoms with Crippen LogP contribution >= 0.6 is 0 Å². The van der Waals surface area contributed by atoms with Crippen molar-refractivity contribution in [1.29, 1.82) is 0 Å². The van der Waals surface area contributed by atoms with Gasteiger partial charge in [-0.25, -0.2) is 0 Å². The molecule has 80 valence electrons. The molecule has 4 heteroatoms. The van der Waals surface area contributed by atoms with E-state index in [1.807, 2.05) is 0 Å². The minimum Gasteiger partial charge on any atom is -0.393 e. The molecule has 0 bridgehead atoms. The number of carbonyl (C=O) groups is 1. The SMILES string of the molecule is NC[C@@H]1C[C@@H]2[C@@H](O)CCC[C@H]2NC1=O. The van der Waals surface area contributed by atoms with Crippen LogP contribution in [0.15, 0.2) is 0 Å². The Hall–Kier alpha value is -0.610. The zero-order valence-corrected chi connectivity index (χ0v) is 8.28. The predicted molar refractivity (Wildman–Crippen MR) is 52.4 cm³/mol. The van der Waals surface area contributed by atoms with E-state index in [1.165, 1.54) is 0 Å². The number of aliphatic hydroxyl groups is 1. The van der Waals surface area contributed by atoms with Crippen molar-refractivity contribution in [3.8, 4) is 0 Å². The highest BCUT2D eigenvalue weighted by molar-refractivity contribution is 5.80. The lowest BCUT2D eigenvalue weighted by Crippen LogP contribution is -2.55. The van der Waals surface area contributed by atoms with Gasteiger partial charge in [0.2, 0.25) is 5.91 Å². The van der Waals surface area contributed by atoms with Crippen molar-refractivity contribution in [3.63, 3.8) is 0 Å². The number of piperidine rings is 1. The molecule has 14 heavy (non-hydrogen) atoms. The Morgan fingerprint density at radius 2 is 2.29 bits per heavy atom. The molecular weight excluding hydrogens is 180 g/mol. The summed E-state index contributed by atoms with van der Waals surface area (Å²) in [7, 11) is 0. The molecule has 4 nitrogen and oxygen atoms in total. The number of carbonyl (C=O) groups excluding carboxylic acids is 1. The van der Waals surface area contributed by atoms with E-state index in [2.05, 4.69) is 5.32 Å². The summed E-state index contributed by atoms with van der Waals surface area (Å²) < 4.78 is 0. The Labute approximate surface area is 83.9 Å². The molecule has 1 saturated heterocycles. The van der Waals surface area contributed by atoms with Gasteiger partial charge >= 0.3 is 0 Å². The molecule has 0 aromatic carbocycles. The van der Waals surface area contributed by atoms with Gasteiger partial charge in [-0.1, -0.05) is 0 Å². The smallest absolute Gasteiger partial charge is 0.224 e. The number of hydrogen-bond acceptors (Lipinski definition) is 3. The molecule has 4 N–H and O–H groups in total. The van der Waals surface area contributed by atoms with Crippen LogP contribution in [0.3, 0.4) is 0 Å². The number of rotatable bonds is 1. The number of nitrogens with one attached hydrogen (secondary N) is 1. The molecule has 1 saturated carbocycles. The lowest BCUT2D eigenvalue weighted by Gasteiger charge is -2.41. The van der Waals surface area contributed by atoms with Crippen molar-refractivity contribution in [3.05, 3.63) is 0 Å². The third kappa shape index (κ3) is 1.64. The maximum atomic E-state index is 11.5. The van der Waals surface area contributed by atoms with Crippen molar-refractivity contribution in [2.24, 2.45) is 17.6 Å². The summed E-state index contributed by atoms with van der Waals surface area (Å²) >= 11 is 0. The van der Waals surface area contributed by atoms with Gasteiger partial charge in [0.1, 0.15) is 0 Å². The highest BCUT2D eigenvalue weighted by atomic mass is 16.3. The van der Waals surface area contributed by atoms with E-state index in [0.717, 1.165) is 25.7 Å². The summed E-state index contributed by atoms with van der Waals surface area (Å²) in [6.45, 7) is 0.391. The molecule has 4 atom stereocenters. The van der Waals surface area contributed by atoms with Crippen LogP contribution in [0.2, 0.25) is 0 Å². The molecule has 1 aliphatic carbocycles. The first-order valence-electron chi connectivity index (χ1n) is 5.41. The molecule has 2 aliphatic rings. The average Bonchev–Trinajstić information content (AvgIpc) is 2.17. The maximum Gasteiger partial charge on any atom is 0.224 e. The molecule has 0 aromatic heterocycles. The Kier molecular flexibility index (Phi) is 2.74. The normalized spacial score (nSPS) is 42.9. The first-order valence-corrected chi connectivity index (χ1v) is 5.41. The average molecular weight is 198 g/mol. The van der Waals surface area contributed by atoms with Crippen LogP contribution in [0.5, 0.6) is 0 Å². The fraction of sp³-hybridized carbons (Fsp3) is 0.900. The van der Waals surface area contributed by atoms with Gasteiger partial charge < -0.3 is 16.2 Å². The first kappa shape index (κ1) is 9.93. The number of nitrogens with two attached hydrogens (primary N) is 1. The summed E-state index contributed by atoms with van der Waals surface area (Å²) in [6, 6.07) is 0.189. The molecular formula is C10H18N2O2. The van der Waals surface area contributed by atoms with E-state index >= 15 is 0 Å². The van der Waals surface area contributed by atoms with Crippen molar-refractivity contribution in [2.75, 3.05) is 6.54 Å². The summed E-state index contributed by atoms with van der Waals surface area (Å²) in [5.74, 6) is 0.210. The molecule has 0 unspecified atom stereocenters. The van der Waals surface area contributed by atoms with Crippen LogP contribution in [-0.2, 0) is 4.79 Å². The third-order valence-electron chi connectivity index (χ3n) is 3.57. The van der Waals surface area contributed by atoms with Gasteiger partial charge in [0.05, 0.1) is 12.0 Å². The lowest BCUT2D eigenvalue weighted by atomic mass is 9.74. The third-order valence-corrected chi connectivity index (χ3v) is 3.57. The number of hydrogen-bond donors (Lipinski definition) is 3. The highest BCUT2D eigenvalue weighted by Crippen LogP contribution is 2.33. The molecule has 0 spiro atoms. The molecule has 0 aromatic rings. The lowest BCUT2D eigenvalue weighted by molar-refractivity contribution is -0.131. The number of amides is 1. The van der Waals surface area contributed by atoms with Crippen LogP contribution in [-0.4, -0.2) is 29.7 Å². The number of aliphatic hydroxyl groups excluding tert-OH is 1. The minimum absolute atomic E-state index is 0.0721. The van der Waals surface area contributed by atoms with E-state index in [-0.39, 0.29) is 29.9 Å². The standard InChI is InChI=1S/C10H18N2O2/c11-5-6-4-7-8(12-10(6)14)2-1-3-9(7)13/h6-9,13H,1-5,11H2,(H,12,14)/t6-,7-,8+,9-/m0/s1. The van der Waals surface area contributed by atoms with Crippen LogP contribution in [0.1, 0.15) is 25.7 Å². The van der Waals surface area contributed by atoms with Gasteiger partial charge in [0.25, 0.3) is 0 Å². The van der Waals surface area contributed by atoms with Gasteiger partial charge in [-0.2, -0.15) is 0 Å². The molecule has 2 fully saturated rings. The second-order valence-electron chi connectivity index (χ2n) is 4.45. The summed E-state index contributed by atoms with van der Waals surface area (Å²) in [6.07, 6.45) is 3.40. The molecule has 2 rings (SSSR count). The predicted octanol–water partition coefficient (Wildman–Crippen LogP) is -0.389. The van der Waals surface area contributed by atoms with Crippen LogP contribution in [0, 0.1) is 11.8 Å². The van der Waals surface area contributed by atoms with Crippen LogP contribution in [0.25, 0.3) is 0 Å². The summed E-state index contributed by atoms with van der Waals surface area (Å²) in [5.41, 5.74) is 5.52. The van der Waals surface area contributed by atoms with E-state index in [0.29, 0.717) is 6.54 Å². The van der Waals surface area contributed by atoms with Crippen molar-refractivity contribution in [1.82, 2.24) is 5.32 Å². The molecule has 1 aliphatic heterocycles. The highest BCUT2D eigenvalue weighted by Gasteiger charge is 2.40. The summed E-state index contributed by atoms with van der Waals surface area (Å²) in [4.78, 5) is 11.5. The fourth-order valence-corrected chi connectivity index (χ4v) is 2.68. The van der Waals surface area contributed by atoms with Crippen LogP contribution < -0.4 is 11.1 Å². The zero-order chi connectivity index (χ0) is 10.1. The van der Waals surface area contributed by atoms with Crippen molar-refractivity contribution < 1.29 is 9.90 Å². The Bertz CT molecular complexity index is 232. The van der Waals surface area contributed by atoms with Gasteiger partial charge in [-0.3, -0.25) is 4.79 Å². The van der Waals surface area contributed by atoms with Crippen molar-refractivity contribution in [2.45, 2.75) is 37.8 Å². The van der Waals surface area contributed by atoms with Gasteiger partial charge in [-0.15, -0.1) is 0 Å². The molecule has 1 amide bonds. The topological polar surface area (TPSA) is 75.3 Å². The van der Waals surface area contributed by atoms with Gasteiger partial charge in [0.15, 0.2) is 0 Å². The van der Waals surface area contributed by atoms with Gasteiger partial charge in [-0.05, 0) is 25.7 Å². The van der Waals surface area contributed by atoms with E-state index in [9.17, 15) is 9.90 Å². The van der Waals surface area contributed by atoms with Crippen molar-refractivity contribution >= 4 is 5.91 Å². The fourth-order valence-electron chi connectivity index (χ4n) is 2.68. The van der Waals surface area contributed by atoms with Crippen LogP contribution in [0.4, 0.5) is 0 Å². The zero-order valence-electron chi connectivity index (χ0n) is 8.28. The monoisotopic (exact) mass is 198 g/mol. The number of fused-ring (bicyclic) bond motifs is 1. The summed E-state index contributed by atoms with van der Waals surface area (Å²) in [5, 5.41) is 12.8. The van der Waals surface area contributed by atoms with E-state index < -0.39 is 0 Å².